The molecule has 0 radical (unpaired) electrons. The number of para-hydroxylation sites is 1. The first-order valence-corrected chi connectivity index (χ1v) is 6.54. The lowest BCUT2D eigenvalue weighted by atomic mass is 10.1. The average Bonchev–Trinajstić information content (AvgIpc) is 2.99. The highest BCUT2D eigenvalue weighted by atomic mass is 15.3. The molecule has 1 heterocycles. The van der Waals surface area contributed by atoms with Crippen molar-refractivity contribution in [1.29, 1.82) is 0 Å². The SMILES string of the molecule is CC1=Cc2ccc(-n3ncc4ccccc43)cc2C1. The quantitative estimate of drug-likeness (QED) is 0.635. The summed E-state index contributed by atoms with van der Waals surface area (Å²) >= 11 is 0. The van der Waals surface area contributed by atoms with Gasteiger partial charge in [0, 0.05) is 5.39 Å². The Bertz CT molecular complexity index is 809. The maximum atomic E-state index is 4.51. The molecule has 92 valence electrons. The number of allylic oxidation sites excluding steroid dienone is 1. The molecule has 0 saturated carbocycles. The summed E-state index contributed by atoms with van der Waals surface area (Å²) in [5.74, 6) is 0. The van der Waals surface area contributed by atoms with Crippen LogP contribution in [-0.2, 0) is 6.42 Å². The van der Waals surface area contributed by atoms with E-state index >= 15 is 0 Å². The summed E-state index contributed by atoms with van der Waals surface area (Å²) in [6.07, 6.45) is 5.24. The van der Waals surface area contributed by atoms with Gasteiger partial charge in [-0.1, -0.05) is 35.9 Å². The van der Waals surface area contributed by atoms with E-state index in [-0.39, 0.29) is 0 Å². The Kier molecular flexibility index (Phi) is 2.12. The minimum absolute atomic E-state index is 1.06. The summed E-state index contributed by atoms with van der Waals surface area (Å²) in [7, 11) is 0. The Hall–Kier alpha value is -2.35. The average molecular weight is 246 g/mol. The van der Waals surface area contributed by atoms with Crippen LogP contribution in [-0.4, -0.2) is 9.78 Å². The standard InChI is InChI=1S/C17H14N2/c1-12-8-13-6-7-16(10-15(13)9-12)19-17-5-3-2-4-14(17)11-18-19/h2-8,10-11H,9H2,1H3. The predicted molar refractivity (Wildman–Crippen MR) is 78.4 cm³/mol. The lowest BCUT2D eigenvalue weighted by Gasteiger charge is -2.06. The van der Waals surface area contributed by atoms with Crippen molar-refractivity contribution in [2.24, 2.45) is 0 Å². The van der Waals surface area contributed by atoms with Gasteiger partial charge in [0.1, 0.15) is 0 Å². The minimum atomic E-state index is 1.06. The van der Waals surface area contributed by atoms with Crippen molar-refractivity contribution in [3.63, 3.8) is 0 Å². The fourth-order valence-corrected chi connectivity index (χ4v) is 2.81. The van der Waals surface area contributed by atoms with Crippen molar-refractivity contribution < 1.29 is 0 Å². The molecule has 0 spiro atoms. The van der Waals surface area contributed by atoms with Gasteiger partial charge in [0.05, 0.1) is 17.4 Å². The summed E-state index contributed by atoms with van der Waals surface area (Å²) in [6.45, 7) is 2.18. The van der Waals surface area contributed by atoms with Gasteiger partial charge in [0.25, 0.3) is 0 Å². The van der Waals surface area contributed by atoms with E-state index in [4.69, 9.17) is 0 Å². The van der Waals surface area contributed by atoms with E-state index in [0.29, 0.717) is 0 Å². The number of nitrogens with zero attached hydrogens (tertiary/aromatic N) is 2. The third-order valence-electron chi connectivity index (χ3n) is 3.72. The molecule has 0 fully saturated rings. The largest absolute Gasteiger partial charge is 0.233 e. The second kappa shape index (κ2) is 3.82. The van der Waals surface area contributed by atoms with Crippen LogP contribution >= 0.6 is 0 Å². The zero-order valence-electron chi connectivity index (χ0n) is 10.8. The highest BCUT2D eigenvalue weighted by Crippen LogP contribution is 2.27. The molecule has 1 aliphatic rings. The lowest BCUT2D eigenvalue weighted by Crippen LogP contribution is -1.97. The Labute approximate surface area is 112 Å². The lowest BCUT2D eigenvalue weighted by molar-refractivity contribution is 0.908. The number of benzene rings is 2. The Morgan fingerprint density at radius 2 is 2.00 bits per heavy atom. The van der Waals surface area contributed by atoms with Gasteiger partial charge in [-0.25, -0.2) is 4.68 Å². The topological polar surface area (TPSA) is 17.8 Å². The van der Waals surface area contributed by atoms with Crippen LogP contribution in [0.5, 0.6) is 0 Å². The minimum Gasteiger partial charge on any atom is -0.233 e. The van der Waals surface area contributed by atoms with Crippen molar-refractivity contribution >= 4 is 17.0 Å². The van der Waals surface area contributed by atoms with E-state index in [1.807, 2.05) is 16.9 Å². The predicted octanol–water partition coefficient (Wildman–Crippen LogP) is 3.98. The van der Waals surface area contributed by atoms with Crippen molar-refractivity contribution in [3.8, 4) is 5.69 Å². The first kappa shape index (κ1) is 10.6. The molecule has 0 N–H and O–H groups in total. The third-order valence-corrected chi connectivity index (χ3v) is 3.72. The Morgan fingerprint density at radius 3 is 2.95 bits per heavy atom. The molecule has 19 heavy (non-hydrogen) atoms. The number of fused-ring (bicyclic) bond motifs is 2. The van der Waals surface area contributed by atoms with Crippen LogP contribution in [0.15, 0.2) is 54.2 Å². The first-order valence-electron chi connectivity index (χ1n) is 6.54. The second-order valence-corrected chi connectivity index (χ2v) is 5.17. The summed E-state index contributed by atoms with van der Waals surface area (Å²) in [6, 6.07) is 14.9. The van der Waals surface area contributed by atoms with Crippen LogP contribution in [0.25, 0.3) is 22.7 Å². The Balaban J connectivity index is 1.88. The van der Waals surface area contributed by atoms with Gasteiger partial charge in [0.2, 0.25) is 0 Å². The Morgan fingerprint density at radius 1 is 1.11 bits per heavy atom. The molecule has 4 rings (SSSR count). The molecule has 0 aliphatic heterocycles. The van der Waals surface area contributed by atoms with E-state index in [0.717, 1.165) is 17.6 Å². The van der Waals surface area contributed by atoms with Crippen LogP contribution in [0.1, 0.15) is 18.1 Å². The van der Waals surface area contributed by atoms with E-state index < -0.39 is 0 Å². The zero-order chi connectivity index (χ0) is 12.8. The van der Waals surface area contributed by atoms with Crippen LogP contribution in [0.4, 0.5) is 0 Å². The molecule has 2 heteroatoms. The molecule has 2 aromatic carbocycles. The van der Waals surface area contributed by atoms with Gasteiger partial charge in [-0.2, -0.15) is 5.10 Å². The summed E-state index contributed by atoms with van der Waals surface area (Å²) in [5, 5.41) is 5.69. The number of hydrogen-bond acceptors (Lipinski definition) is 1. The molecule has 1 aromatic heterocycles. The van der Waals surface area contributed by atoms with E-state index in [1.165, 1.54) is 22.1 Å². The van der Waals surface area contributed by atoms with Crippen LogP contribution < -0.4 is 0 Å². The maximum Gasteiger partial charge on any atom is 0.0741 e. The van der Waals surface area contributed by atoms with Crippen LogP contribution in [0.3, 0.4) is 0 Å². The molecule has 0 bridgehead atoms. The molecule has 0 saturated heterocycles. The zero-order valence-corrected chi connectivity index (χ0v) is 10.8. The summed E-state index contributed by atoms with van der Waals surface area (Å²) < 4.78 is 2.02. The van der Waals surface area contributed by atoms with Gasteiger partial charge in [-0.05, 0) is 42.7 Å². The van der Waals surface area contributed by atoms with Gasteiger partial charge >= 0.3 is 0 Å². The van der Waals surface area contributed by atoms with Crippen LogP contribution in [0, 0.1) is 0 Å². The van der Waals surface area contributed by atoms with Gasteiger partial charge < -0.3 is 0 Å². The van der Waals surface area contributed by atoms with Crippen LogP contribution in [0.2, 0.25) is 0 Å². The molecule has 0 unspecified atom stereocenters. The molecular formula is C17H14N2. The van der Waals surface area contributed by atoms with Gasteiger partial charge in [0.15, 0.2) is 0 Å². The molecule has 0 amide bonds. The smallest absolute Gasteiger partial charge is 0.0741 e. The molecule has 3 aromatic rings. The van der Waals surface area contributed by atoms with Crippen molar-refractivity contribution in [2.45, 2.75) is 13.3 Å². The van der Waals surface area contributed by atoms with E-state index in [1.54, 1.807) is 0 Å². The van der Waals surface area contributed by atoms with Crippen molar-refractivity contribution in [1.82, 2.24) is 9.78 Å². The van der Waals surface area contributed by atoms with E-state index in [9.17, 15) is 0 Å². The van der Waals surface area contributed by atoms with Gasteiger partial charge in [-0.3, -0.25) is 0 Å². The number of rotatable bonds is 1. The highest BCUT2D eigenvalue weighted by molar-refractivity contribution is 5.80. The third kappa shape index (κ3) is 1.60. The molecule has 2 nitrogen and oxygen atoms in total. The fourth-order valence-electron chi connectivity index (χ4n) is 2.81. The molecular weight excluding hydrogens is 232 g/mol. The molecule has 1 aliphatic carbocycles. The monoisotopic (exact) mass is 246 g/mol. The summed E-state index contributed by atoms with van der Waals surface area (Å²) in [4.78, 5) is 0. The summed E-state index contributed by atoms with van der Waals surface area (Å²) in [5.41, 5.74) is 6.47. The van der Waals surface area contributed by atoms with E-state index in [2.05, 4.69) is 54.5 Å². The fraction of sp³-hybridized carbons (Fsp3) is 0.118. The highest BCUT2D eigenvalue weighted by Gasteiger charge is 2.11. The van der Waals surface area contributed by atoms with Crippen molar-refractivity contribution in [3.05, 3.63) is 65.4 Å². The maximum absolute atomic E-state index is 4.51. The number of aromatic nitrogens is 2. The molecule has 0 atom stereocenters. The first-order chi connectivity index (χ1) is 9.31. The second-order valence-electron chi connectivity index (χ2n) is 5.17. The van der Waals surface area contributed by atoms with Crippen molar-refractivity contribution in [2.75, 3.05) is 0 Å². The van der Waals surface area contributed by atoms with Gasteiger partial charge in [-0.15, -0.1) is 0 Å². The normalized spacial score (nSPS) is 13.6. The number of hydrogen-bond donors (Lipinski definition) is 0.